The Bertz CT molecular complexity index is 1180. The minimum atomic E-state index is -0.654. The van der Waals surface area contributed by atoms with E-state index in [1.54, 1.807) is 18.2 Å². The molecule has 0 radical (unpaired) electrons. The smallest absolute Gasteiger partial charge is 0.349 e. The van der Waals surface area contributed by atoms with Gasteiger partial charge in [0.05, 0.1) is 37.8 Å². The van der Waals surface area contributed by atoms with E-state index in [0.717, 1.165) is 37.6 Å². The molecule has 1 N–H and O–H groups in total. The first kappa shape index (κ1) is 20.5. The van der Waals surface area contributed by atoms with E-state index in [0.29, 0.717) is 43.1 Å². The number of anilines is 3. The molecule has 2 aliphatic heterocycles. The average molecular weight is 435 g/mol. The summed E-state index contributed by atoms with van der Waals surface area (Å²) in [6.07, 6.45) is 0. The van der Waals surface area contributed by atoms with Gasteiger partial charge in [-0.15, -0.1) is 0 Å². The Labute approximate surface area is 185 Å². The van der Waals surface area contributed by atoms with Crippen LogP contribution in [0.25, 0.3) is 11.0 Å². The number of hydrogen-bond donors (Lipinski definition) is 1. The van der Waals surface area contributed by atoms with E-state index in [4.69, 9.17) is 13.9 Å². The summed E-state index contributed by atoms with van der Waals surface area (Å²) in [5.74, 6) is -0.488. The summed E-state index contributed by atoms with van der Waals surface area (Å²) in [6, 6.07) is 14.7. The Hall–Kier alpha value is -3.36. The molecule has 5 rings (SSSR count). The second-order valence-electron chi connectivity index (χ2n) is 7.84. The van der Waals surface area contributed by atoms with E-state index in [9.17, 15) is 9.59 Å². The zero-order valence-electron chi connectivity index (χ0n) is 17.7. The van der Waals surface area contributed by atoms with Gasteiger partial charge in [-0.25, -0.2) is 4.79 Å². The van der Waals surface area contributed by atoms with Crippen molar-refractivity contribution >= 4 is 33.9 Å². The van der Waals surface area contributed by atoms with E-state index in [1.807, 2.05) is 24.3 Å². The molecule has 2 aliphatic rings. The zero-order chi connectivity index (χ0) is 21.9. The number of para-hydroxylation sites is 1. The summed E-state index contributed by atoms with van der Waals surface area (Å²) in [4.78, 5) is 30.0. The Morgan fingerprint density at radius 1 is 0.844 bits per heavy atom. The van der Waals surface area contributed by atoms with Gasteiger partial charge in [0.1, 0.15) is 11.1 Å². The van der Waals surface area contributed by atoms with Crippen LogP contribution in [0.1, 0.15) is 10.4 Å². The van der Waals surface area contributed by atoms with E-state index in [2.05, 4.69) is 21.2 Å². The summed E-state index contributed by atoms with van der Waals surface area (Å²) < 4.78 is 16.3. The number of ether oxygens (including phenoxy) is 2. The van der Waals surface area contributed by atoms with Gasteiger partial charge in [0.2, 0.25) is 0 Å². The fourth-order valence-electron chi connectivity index (χ4n) is 4.12. The highest BCUT2D eigenvalue weighted by Crippen LogP contribution is 2.32. The number of nitrogens with one attached hydrogen (secondary N) is 1. The molecule has 2 aromatic carbocycles. The first-order chi connectivity index (χ1) is 15.7. The third kappa shape index (κ3) is 4.19. The molecule has 0 spiro atoms. The molecule has 3 heterocycles. The van der Waals surface area contributed by atoms with Crippen LogP contribution in [0, 0.1) is 0 Å². The summed E-state index contributed by atoms with van der Waals surface area (Å²) in [7, 11) is 0. The molecule has 2 saturated heterocycles. The molecule has 2 fully saturated rings. The molecule has 0 unspecified atom stereocenters. The van der Waals surface area contributed by atoms with E-state index >= 15 is 0 Å². The Morgan fingerprint density at radius 2 is 1.53 bits per heavy atom. The normalized spacial score (nSPS) is 16.9. The predicted molar refractivity (Wildman–Crippen MR) is 123 cm³/mol. The van der Waals surface area contributed by atoms with Gasteiger partial charge in [-0.3, -0.25) is 4.79 Å². The van der Waals surface area contributed by atoms with Crippen molar-refractivity contribution in [1.29, 1.82) is 0 Å². The Kier molecular flexibility index (Phi) is 5.79. The summed E-state index contributed by atoms with van der Waals surface area (Å²) in [6.45, 7) is 5.76. The van der Waals surface area contributed by atoms with Crippen LogP contribution in [0.2, 0.25) is 0 Å². The van der Waals surface area contributed by atoms with Crippen LogP contribution in [0.5, 0.6) is 0 Å². The van der Waals surface area contributed by atoms with Crippen molar-refractivity contribution in [3.8, 4) is 0 Å². The molecular formula is C24H25N3O5. The second kappa shape index (κ2) is 9.02. The molecule has 1 aromatic heterocycles. The molecule has 0 saturated carbocycles. The fraction of sp³-hybridized carbons (Fsp3) is 0.333. The highest BCUT2D eigenvalue weighted by Gasteiger charge is 2.21. The maximum atomic E-state index is 13.1. The number of carbonyl (C=O) groups excluding carboxylic acids is 1. The van der Waals surface area contributed by atoms with Crippen molar-refractivity contribution in [2.24, 2.45) is 0 Å². The van der Waals surface area contributed by atoms with Crippen LogP contribution < -0.4 is 20.7 Å². The molecule has 166 valence electrons. The Morgan fingerprint density at radius 3 is 2.28 bits per heavy atom. The predicted octanol–water partition coefficient (Wildman–Crippen LogP) is 2.72. The van der Waals surface area contributed by atoms with Gasteiger partial charge < -0.3 is 29.0 Å². The van der Waals surface area contributed by atoms with Crippen LogP contribution >= 0.6 is 0 Å². The van der Waals surface area contributed by atoms with Crippen molar-refractivity contribution in [3.63, 3.8) is 0 Å². The average Bonchev–Trinajstić information content (AvgIpc) is 2.85. The Balaban J connectivity index is 1.47. The molecule has 0 atom stereocenters. The minimum absolute atomic E-state index is 0.0196. The molecule has 8 heteroatoms. The second-order valence-corrected chi connectivity index (χ2v) is 7.84. The van der Waals surface area contributed by atoms with Gasteiger partial charge in [0.15, 0.2) is 0 Å². The van der Waals surface area contributed by atoms with E-state index in [1.165, 1.54) is 0 Å². The van der Waals surface area contributed by atoms with Gasteiger partial charge in [0, 0.05) is 37.3 Å². The largest absolute Gasteiger partial charge is 0.422 e. The number of nitrogens with zero attached hydrogens (tertiary/aromatic N) is 2. The van der Waals surface area contributed by atoms with Crippen molar-refractivity contribution in [2.75, 3.05) is 67.7 Å². The number of fused-ring (bicyclic) bond motifs is 1. The van der Waals surface area contributed by atoms with Crippen molar-refractivity contribution < 1.29 is 18.7 Å². The van der Waals surface area contributed by atoms with Gasteiger partial charge >= 0.3 is 5.63 Å². The summed E-state index contributed by atoms with van der Waals surface area (Å²) in [5, 5.41) is 3.64. The van der Waals surface area contributed by atoms with Gasteiger partial charge in [-0.2, -0.15) is 0 Å². The highest BCUT2D eigenvalue weighted by atomic mass is 16.5. The quantitative estimate of drug-likeness (QED) is 0.631. The zero-order valence-corrected chi connectivity index (χ0v) is 17.7. The van der Waals surface area contributed by atoms with Crippen LogP contribution in [0.3, 0.4) is 0 Å². The standard InChI is InChI=1S/C24H25N3O5/c28-23(19-15-17-3-1-2-4-22(17)32-24(19)29)25-20-6-5-18(26-7-11-30-12-8-26)16-21(20)27-9-13-31-14-10-27/h1-6,15-16H,7-14H2,(H,25,28). The number of benzene rings is 2. The number of rotatable bonds is 4. The number of carbonyl (C=O) groups is 1. The third-order valence-electron chi connectivity index (χ3n) is 5.84. The monoisotopic (exact) mass is 435 g/mol. The molecule has 0 aliphatic carbocycles. The number of amides is 1. The molecule has 8 nitrogen and oxygen atoms in total. The lowest BCUT2D eigenvalue weighted by molar-refractivity contribution is 0.102. The van der Waals surface area contributed by atoms with Crippen LogP contribution in [0.15, 0.2) is 57.7 Å². The molecular weight excluding hydrogens is 410 g/mol. The lowest BCUT2D eigenvalue weighted by Crippen LogP contribution is -2.38. The summed E-state index contributed by atoms with van der Waals surface area (Å²) >= 11 is 0. The minimum Gasteiger partial charge on any atom is -0.422 e. The summed E-state index contributed by atoms with van der Waals surface area (Å²) in [5.41, 5.74) is 2.43. The first-order valence-electron chi connectivity index (χ1n) is 10.8. The molecule has 1 amide bonds. The van der Waals surface area contributed by atoms with E-state index < -0.39 is 11.5 Å². The number of hydrogen-bond acceptors (Lipinski definition) is 7. The van der Waals surface area contributed by atoms with Gasteiger partial charge in [-0.05, 0) is 30.3 Å². The topological polar surface area (TPSA) is 84.2 Å². The van der Waals surface area contributed by atoms with Crippen LogP contribution in [-0.4, -0.2) is 58.5 Å². The van der Waals surface area contributed by atoms with Crippen molar-refractivity contribution in [2.45, 2.75) is 0 Å². The lowest BCUT2D eigenvalue weighted by atomic mass is 10.1. The molecule has 32 heavy (non-hydrogen) atoms. The van der Waals surface area contributed by atoms with Gasteiger partial charge in [-0.1, -0.05) is 18.2 Å². The molecule has 3 aromatic rings. The van der Waals surface area contributed by atoms with Crippen LogP contribution in [-0.2, 0) is 9.47 Å². The fourth-order valence-corrected chi connectivity index (χ4v) is 4.12. The van der Waals surface area contributed by atoms with Gasteiger partial charge in [0.25, 0.3) is 5.91 Å². The van der Waals surface area contributed by atoms with Crippen molar-refractivity contribution in [3.05, 3.63) is 64.5 Å². The molecule has 0 bridgehead atoms. The SMILES string of the molecule is O=C(Nc1ccc(N2CCOCC2)cc1N1CCOCC1)c1cc2ccccc2oc1=O. The number of morpholine rings is 2. The lowest BCUT2D eigenvalue weighted by Gasteiger charge is -2.33. The maximum Gasteiger partial charge on any atom is 0.349 e. The first-order valence-corrected chi connectivity index (χ1v) is 10.8. The van der Waals surface area contributed by atoms with Crippen LogP contribution in [0.4, 0.5) is 17.1 Å². The third-order valence-corrected chi connectivity index (χ3v) is 5.84. The van der Waals surface area contributed by atoms with E-state index in [-0.39, 0.29) is 5.56 Å². The van der Waals surface area contributed by atoms with Crippen molar-refractivity contribution in [1.82, 2.24) is 0 Å². The highest BCUT2D eigenvalue weighted by molar-refractivity contribution is 6.07. The maximum absolute atomic E-state index is 13.1.